The number of fused-ring (bicyclic) bond motifs is 5. The zero-order valence-electron chi connectivity index (χ0n) is 22.4. The van der Waals surface area contributed by atoms with Crippen LogP contribution in [0, 0.1) is 39.9 Å². The Morgan fingerprint density at radius 2 is 1.91 bits per heavy atom. The van der Waals surface area contributed by atoms with Gasteiger partial charge in [0.2, 0.25) is 0 Å². The molecule has 196 valence electrons. The van der Waals surface area contributed by atoms with Crippen molar-refractivity contribution in [3.05, 3.63) is 11.6 Å². The number of aliphatic hydroxyl groups is 1. The Kier molecular flexibility index (Phi) is 6.96. The number of hydrogen-bond donors (Lipinski definition) is 1. The van der Waals surface area contributed by atoms with Gasteiger partial charge in [-0.05, 0) is 76.0 Å². The molecule has 3 saturated carbocycles. The fraction of sp³-hybridized carbons (Fsp3) is 0.897. The molecule has 0 amide bonds. The van der Waals surface area contributed by atoms with Gasteiger partial charge in [0.25, 0.3) is 0 Å². The normalized spacial score (nSPS) is 46.9. The molecule has 1 N–H and O–H groups in total. The fourth-order valence-corrected chi connectivity index (χ4v) is 12.0. The zero-order chi connectivity index (χ0) is 25.1. The zero-order valence-corrected chi connectivity index (χ0v) is 24.0. The second kappa shape index (κ2) is 9.23. The van der Waals surface area contributed by atoms with Gasteiger partial charge in [0.15, 0.2) is 11.9 Å². The summed E-state index contributed by atoms with van der Waals surface area (Å²) in [6, 6.07) is 2.69. The lowest BCUT2D eigenvalue weighted by molar-refractivity contribution is -0.250. The molecule has 0 aromatic heterocycles. The van der Waals surface area contributed by atoms with Crippen molar-refractivity contribution in [3.8, 4) is 6.07 Å². The summed E-state index contributed by atoms with van der Waals surface area (Å²) in [4.78, 5) is 0. The molecule has 1 heterocycles. The van der Waals surface area contributed by atoms with E-state index >= 15 is 0 Å². The summed E-state index contributed by atoms with van der Waals surface area (Å²) in [5.41, 5.74) is -0.462. The number of rotatable bonds is 6. The first-order chi connectivity index (χ1) is 16.6. The molecule has 35 heavy (non-hydrogen) atoms. The predicted molar refractivity (Wildman–Crippen MR) is 145 cm³/mol. The Morgan fingerprint density at radius 3 is 2.60 bits per heavy atom. The van der Waals surface area contributed by atoms with E-state index in [4.69, 9.17) is 9.47 Å². The van der Waals surface area contributed by atoms with E-state index in [0.29, 0.717) is 12.5 Å². The third-order valence-corrected chi connectivity index (χ3v) is 14.4. The van der Waals surface area contributed by atoms with E-state index in [1.54, 1.807) is 0 Å². The largest absolute Gasteiger partial charge is 0.389 e. The van der Waals surface area contributed by atoms with Gasteiger partial charge < -0.3 is 14.6 Å². The molecule has 6 heteroatoms. The maximum absolute atomic E-state index is 12.6. The van der Waals surface area contributed by atoms with E-state index in [2.05, 4.69) is 63.4 Å². The first kappa shape index (κ1) is 26.4. The molecule has 5 rings (SSSR count). The highest BCUT2D eigenvalue weighted by molar-refractivity contribution is 8.21. The van der Waals surface area contributed by atoms with Gasteiger partial charge >= 0.3 is 0 Å². The fourth-order valence-electron chi connectivity index (χ4n) is 8.86. The van der Waals surface area contributed by atoms with Crippen molar-refractivity contribution in [2.75, 3.05) is 18.1 Å². The average Bonchev–Trinajstić information content (AvgIpc) is 3.37. The van der Waals surface area contributed by atoms with E-state index < -0.39 is 17.5 Å². The van der Waals surface area contributed by atoms with E-state index in [-0.39, 0.29) is 26.7 Å². The van der Waals surface area contributed by atoms with Gasteiger partial charge in [-0.2, -0.15) is 5.26 Å². The van der Waals surface area contributed by atoms with Crippen LogP contribution in [0.1, 0.15) is 92.4 Å². The molecule has 1 unspecified atom stereocenters. The Balaban J connectivity index is 1.43. The van der Waals surface area contributed by atoms with Gasteiger partial charge in [-0.3, -0.25) is 0 Å². The number of nitrogens with zero attached hydrogens (tertiary/aromatic N) is 1. The molecule has 5 aliphatic rings. The second-order valence-electron chi connectivity index (χ2n) is 12.5. The van der Waals surface area contributed by atoms with Crippen LogP contribution in [0.25, 0.3) is 0 Å². The third kappa shape index (κ3) is 3.73. The lowest BCUT2D eigenvalue weighted by atomic mass is 9.44. The third-order valence-electron chi connectivity index (χ3n) is 11.0. The monoisotopic (exact) mass is 519 g/mol. The summed E-state index contributed by atoms with van der Waals surface area (Å²) >= 11 is 4.24. The van der Waals surface area contributed by atoms with Gasteiger partial charge in [0.1, 0.15) is 0 Å². The molecule has 0 aromatic rings. The van der Waals surface area contributed by atoms with Crippen molar-refractivity contribution >= 4 is 23.5 Å². The van der Waals surface area contributed by atoms with Crippen LogP contribution < -0.4 is 0 Å². The minimum Gasteiger partial charge on any atom is -0.389 e. The summed E-state index contributed by atoms with van der Waals surface area (Å²) in [6.07, 6.45) is 11.2. The van der Waals surface area contributed by atoms with Crippen molar-refractivity contribution in [2.45, 2.75) is 114 Å². The quantitative estimate of drug-likeness (QED) is 0.233. The lowest BCUT2D eigenvalue weighted by Gasteiger charge is -2.64. The van der Waals surface area contributed by atoms with Crippen molar-refractivity contribution in [3.63, 3.8) is 0 Å². The minimum absolute atomic E-state index is 0.118. The van der Waals surface area contributed by atoms with Crippen LogP contribution in [-0.4, -0.2) is 44.8 Å². The lowest BCUT2D eigenvalue weighted by Crippen LogP contribution is -2.65. The number of nitriles is 1. The highest BCUT2D eigenvalue weighted by Crippen LogP contribution is 2.72. The van der Waals surface area contributed by atoms with Crippen molar-refractivity contribution in [2.24, 2.45) is 28.6 Å². The smallest absolute Gasteiger partial charge is 0.165 e. The maximum atomic E-state index is 12.6. The molecular formula is C29H45NO3S2. The van der Waals surface area contributed by atoms with Gasteiger partial charge in [-0.25, -0.2) is 0 Å². The predicted octanol–water partition coefficient (Wildman–Crippen LogP) is 6.93. The van der Waals surface area contributed by atoms with Gasteiger partial charge in [0, 0.05) is 28.9 Å². The van der Waals surface area contributed by atoms with Gasteiger partial charge in [0.05, 0.1) is 15.7 Å². The summed E-state index contributed by atoms with van der Waals surface area (Å²) in [7, 11) is 0. The van der Waals surface area contributed by atoms with Crippen molar-refractivity contribution in [1.29, 1.82) is 5.26 Å². The van der Waals surface area contributed by atoms with E-state index in [1.165, 1.54) is 17.1 Å². The second-order valence-corrected chi connectivity index (χ2v) is 15.6. The van der Waals surface area contributed by atoms with Crippen LogP contribution in [-0.2, 0) is 9.47 Å². The van der Waals surface area contributed by atoms with Crippen LogP contribution in [0.4, 0.5) is 0 Å². The van der Waals surface area contributed by atoms with Crippen molar-refractivity contribution in [1.82, 2.24) is 0 Å². The minimum atomic E-state index is -0.866. The average molecular weight is 520 g/mol. The molecule has 4 aliphatic carbocycles. The van der Waals surface area contributed by atoms with Crippen LogP contribution in [0.3, 0.4) is 0 Å². The highest BCUT2D eigenvalue weighted by Gasteiger charge is 2.72. The summed E-state index contributed by atoms with van der Waals surface area (Å²) < 4.78 is 12.8. The van der Waals surface area contributed by atoms with Crippen LogP contribution in [0.5, 0.6) is 0 Å². The molecule has 4 fully saturated rings. The highest BCUT2D eigenvalue weighted by atomic mass is 32.2. The first-order valence-electron chi connectivity index (χ1n) is 14.0. The molecule has 0 bridgehead atoms. The molecule has 8 atom stereocenters. The topological polar surface area (TPSA) is 62.5 Å². The number of ether oxygens (including phenoxy) is 2. The number of unbranched alkanes of at least 4 members (excludes halogenated alkanes) is 1. The molecular weight excluding hydrogens is 474 g/mol. The van der Waals surface area contributed by atoms with Crippen LogP contribution in [0.2, 0.25) is 0 Å². The Hall–Kier alpha value is -0.190. The Morgan fingerprint density at radius 1 is 1.17 bits per heavy atom. The molecule has 0 radical (unpaired) electrons. The SMILES string of the molecule is CCCCOC(C)O[C@]1(C#N)[C@@H](C)C[C@H]2[C@@H]3CCC4=CC5(CC[C@]4(C)[C@@]3(O)CC[C@@]21C)SCCS5. The molecule has 1 aliphatic heterocycles. The van der Waals surface area contributed by atoms with Crippen molar-refractivity contribution < 1.29 is 14.6 Å². The number of hydrogen-bond acceptors (Lipinski definition) is 6. The molecule has 1 spiro atoms. The number of thioether (sulfide) groups is 2. The van der Waals surface area contributed by atoms with E-state index in [0.717, 1.165) is 57.8 Å². The summed E-state index contributed by atoms with van der Waals surface area (Å²) in [5.74, 6) is 3.12. The summed E-state index contributed by atoms with van der Waals surface area (Å²) in [6.45, 7) is 11.6. The molecule has 4 nitrogen and oxygen atoms in total. The van der Waals surface area contributed by atoms with Crippen LogP contribution in [0.15, 0.2) is 11.6 Å². The van der Waals surface area contributed by atoms with Gasteiger partial charge in [-0.1, -0.05) is 45.8 Å². The Labute approximate surface area is 221 Å². The summed E-state index contributed by atoms with van der Waals surface area (Å²) in [5, 5.41) is 23.2. The van der Waals surface area contributed by atoms with Gasteiger partial charge in [-0.15, -0.1) is 23.5 Å². The maximum Gasteiger partial charge on any atom is 0.165 e. The standard InChI is InChI=1S/C29H45NO3S2/c1-6-7-14-32-21(3)33-29(19-30)20(2)17-24-23-9-8-22-18-27(34-15-16-35-27)12-10-25(22,4)28(23,31)13-11-26(24,29)5/h18,20-21,23-24,31H,6-17H2,1-5H3/t20-,21?,23-,24-,25-,26-,28+,29+/m0/s1. The first-order valence-corrected chi connectivity index (χ1v) is 16.0. The molecule has 1 saturated heterocycles. The Bertz CT molecular complexity index is 897. The van der Waals surface area contributed by atoms with Crippen LogP contribution >= 0.6 is 23.5 Å². The van der Waals surface area contributed by atoms with E-state index in [9.17, 15) is 10.4 Å². The molecule has 0 aromatic carbocycles. The van der Waals surface area contributed by atoms with E-state index in [1.807, 2.05) is 6.92 Å².